The fourth-order valence-electron chi connectivity index (χ4n) is 2.58. The first kappa shape index (κ1) is 15.1. The van der Waals surface area contributed by atoms with Crippen molar-refractivity contribution in [3.63, 3.8) is 0 Å². The molecule has 1 aromatic carbocycles. The highest BCUT2D eigenvalue weighted by atomic mass is 16.5. The lowest BCUT2D eigenvalue weighted by Crippen LogP contribution is -2.17. The van der Waals surface area contributed by atoms with E-state index in [0.717, 1.165) is 37.4 Å². The molecule has 0 N–H and O–H groups in total. The van der Waals surface area contributed by atoms with Gasteiger partial charge in [-0.15, -0.1) is 0 Å². The zero-order valence-corrected chi connectivity index (χ0v) is 12.4. The van der Waals surface area contributed by atoms with Gasteiger partial charge in [0.15, 0.2) is 0 Å². The molecule has 0 atom stereocenters. The Morgan fingerprint density at radius 3 is 2.40 bits per heavy atom. The van der Waals surface area contributed by atoms with Gasteiger partial charge in [0.1, 0.15) is 5.75 Å². The SMILES string of the molecule is C=Cc1ccc(OCCCCOC2CCCCC2)cc1. The molecule has 0 aliphatic heterocycles. The van der Waals surface area contributed by atoms with Crippen LogP contribution >= 0.6 is 0 Å². The first-order chi connectivity index (χ1) is 9.88. The quantitative estimate of drug-likeness (QED) is 0.632. The maximum atomic E-state index is 5.90. The topological polar surface area (TPSA) is 18.5 Å². The summed E-state index contributed by atoms with van der Waals surface area (Å²) in [6.07, 6.45) is 11.1. The Morgan fingerprint density at radius 2 is 1.70 bits per heavy atom. The molecule has 0 bridgehead atoms. The molecule has 2 rings (SSSR count). The van der Waals surface area contributed by atoms with Crippen LogP contribution in [0.2, 0.25) is 0 Å². The molecule has 20 heavy (non-hydrogen) atoms. The van der Waals surface area contributed by atoms with Gasteiger partial charge in [-0.1, -0.05) is 44.1 Å². The van der Waals surface area contributed by atoms with Crippen molar-refractivity contribution in [3.05, 3.63) is 36.4 Å². The largest absolute Gasteiger partial charge is 0.494 e. The molecule has 1 aliphatic rings. The molecule has 1 fully saturated rings. The van der Waals surface area contributed by atoms with E-state index in [2.05, 4.69) is 6.58 Å². The normalized spacial score (nSPS) is 16.0. The second-order valence-electron chi connectivity index (χ2n) is 5.46. The third-order valence-corrected chi connectivity index (χ3v) is 3.83. The van der Waals surface area contributed by atoms with Gasteiger partial charge in [-0.25, -0.2) is 0 Å². The summed E-state index contributed by atoms with van der Waals surface area (Å²) in [6.45, 7) is 5.38. The molecule has 1 saturated carbocycles. The Bertz CT molecular complexity index is 377. The first-order valence-electron chi connectivity index (χ1n) is 7.85. The zero-order valence-electron chi connectivity index (χ0n) is 12.4. The number of rotatable bonds is 8. The third-order valence-electron chi connectivity index (χ3n) is 3.83. The van der Waals surface area contributed by atoms with E-state index in [-0.39, 0.29) is 0 Å². The molecule has 110 valence electrons. The number of hydrogen-bond donors (Lipinski definition) is 0. The van der Waals surface area contributed by atoms with E-state index in [1.807, 2.05) is 30.3 Å². The molecule has 1 aromatic rings. The third kappa shape index (κ3) is 5.38. The molecular weight excluding hydrogens is 248 g/mol. The predicted octanol–water partition coefficient (Wildman–Crippen LogP) is 4.84. The van der Waals surface area contributed by atoms with E-state index in [4.69, 9.17) is 9.47 Å². The highest BCUT2D eigenvalue weighted by Crippen LogP contribution is 2.20. The van der Waals surface area contributed by atoms with Crippen LogP contribution in [0.25, 0.3) is 6.08 Å². The summed E-state index contributed by atoms with van der Waals surface area (Å²) in [4.78, 5) is 0. The van der Waals surface area contributed by atoms with Gasteiger partial charge in [0, 0.05) is 6.61 Å². The van der Waals surface area contributed by atoms with Crippen LogP contribution in [-0.2, 0) is 4.74 Å². The fourth-order valence-corrected chi connectivity index (χ4v) is 2.58. The minimum atomic E-state index is 0.524. The Hall–Kier alpha value is -1.28. The van der Waals surface area contributed by atoms with Crippen LogP contribution in [0.4, 0.5) is 0 Å². The van der Waals surface area contributed by atoms with Gasteiger partial charge >= 0.3 is 0 Å². The maximum absolute atomic E-state index is 5.90. The van der Waals surface area contributed by atoms with E-state index in [9.17, 15) is 0 Å². The average molecular weight is 274 g/mol. The molecule has 0 spiro atoms. The standard InChI is InChI=1S/C18H26O2/c1-2-16-10-12-18(13-11-16)20-15-7-6-14-19-17-8-4-3-5-9-17/h2,10-13,17H,1,3-9,14-15H2. The Labute approximate surface area is 122 Å². The van der Waals surface area contributed by atoms with E-state index in [1.54, 1.807) is 0 Å². The predicted molar refractivity (Wildman–Crippen MR) is 84.1 cm³/mol. The first-order valence-corrected chi connectivity index (χ1v) is 7.85. The molecule has 2 heteroatoms. The van der Waals surface area contributed by atoms with Crippen molar-refractivity contribution in [2.75, 3.05) is 13.2 Å². The monoisotopic (exact) mass is 274 g/mol. The minimum absolute atomic E-state index is 0.524. The lowest BCUT2D eigenvalue weighted by atomic mass is 9.98. The molecule has 0 radical (unpaired) electrons. The van der Waals surface area contributed by atoms with Gasteiger partial charge in [-0.3, -0.25) is 0 Å². The Morgan fingerprint density at radius 1 is 1.00 bits per heavy atom. The van der Waals surface area contributed by atoms with Gasteiger partial charge in [-0.2, -0.15) is 0 Å². The molecule has 0 amide bonds. The molecular formula is C18H26O2. The lowest BCUT2D eigenvalue weighted by molar-refractivity contribution is 0.0253. The summed E-state index contributed by atoms with van der Waals surface area (Å²) in [5.74, 6) is 0.934. The van der Waals surface area contributed by atoms with Crippen LogP contribution in [0.3, 0.4) is 0 Å². The van der Waals surface area contributed by atoms with Crippen LogP contribution in [-0.4, -0.2) is 19.3 Å². The molecule has 0 saturated heterocycles. The summed E-state index contributed by atoms with van der Waals surface area (Å²) in [6, 6.07) is 8.04. The number of hydrogen-bond acceptors (Lipinski definition) is 2. The van der Waals surface area contributed by atoms with Crippen molar-refractivity contribution < 1.29 is 9.47 Å². The van der Waals surface area contributed by atoms with Crippen molar-refractivity contribution in [3.8, 4) is 5.75 Å². The average Bonchev–Trinajstić information content (AvgIpc) is 2.52. The smallest absolute Gasteiger partial charge is 0.119 e. The highest BCUT2D eigenvalue weighted by molar-refractivity contribution is 5.48. The highest BCUT2D eigenvalue weighted by Gasteiger charge is 2.12. The molecule has 2 nitrogen and oxygen atoms in total. The van der Waals surface area contributed by atoms with Gasteiger partial charge in [0.25, 0.3) is 0 Å². The summed E-state index contributed by atoms with van der Waals surface area (Å²) >= 11 is 0. The van der Waals surface area contributed by atoms with Crippen molar-refractivity contribution in [2.45, 2.75) is 51.0 Å². The number of ether oxygens (including phenoxy) is 2. The van der Waals surface area contributed by atoms with Crippen molar-refractivity contribution in [2.24, 2.45) is 0 Å². The van der Waals surface area contributed by atoms with Crippen LogP contribution < -0.4 is 4.74 Å². The Balaban J connectivity index is 1.51. The summed E-state index contributed by atoms with van der Waals surface area (Å²) in [5.41, 5.74) is 1.12. The van der Waals surface area contributed by atoms with Crippen LogP contribution in [0.1, 0.15) is 50.5 Å². The molecule has 0 heterocycles. The molecule has 0 unspecified atom stereocenters. The number of benzene rings is 1. The zero-order chi connectivity index (χ0) is 14.0. The minimum Gasteiger partial charge on any atom is -0.494 e. The summed E-state index contributed by atoms with van der Waals surface area (Å²) in [7, 11) is 0. The van der Waals surface area contributed by atoms with Crippen molar-refractivity contribution in [1.29, 1.82) is 0 Å². The summed E-state index contributed by atoms with van der Waals surface area (Å²) in [5, 5.41) is 0. The molecule has 1 aliphatic carbocycles. The number of unbranched alkanes of at least 4 members (excludes halogenated alkanes) is 1. The maximum Gasteiger partial charge on any atom is 0.119 e. The van der Waals surface area contributed by atoms with E-state index < -0.39 is 0 Å². The fraction of sp³-hybridized carbons (Fsp3) is 0.556. The van der Waals surface area contributed by atoms with Gasteiger partial charge < -0.3 is 9.47 Å². The second kappa shape index (κ2) is 8.80. The van der Waals surface area contributed by atoms with Gasteiger partial charge in [0.05, 0.1) is 12.7 Å². The van der Waals surface area contributed by atoms with Crippen LogP contribution in [0, 0.1) is 0 Å². The van der Waals surface area contributed by atoms with Gasteiger partial charge in [0.2, 0.25) is 0 Å². The van der Waals surface area contributed by atoms with Crippen LogP contribution in [0.5, 0.6) is 5.75 Å². The molecule has 0 aromatic heterocycles. The summed E-state index contributed by atoms with van der Waals surface area (Å²) < 4.78 is 11.6. The van der Waals surface area contributed by atoms with E-state index >= 15 is 0 Å². The van der Waals surface area contributed by atoms with E-state index in [0.29, 0.717) is 6.10 Å². The van der Waals surface area contributed by atoms with Gasteiger partial charge in [-0.05, 0) is 43.4 Å². The Kier molecular flexibility index (Phi) is 6.65. The van der Waals surface area contributed by atoms with E-state index in [1.165, 1.54) is 32.1 Å². The van der Waals surface area contributed by atoms with Crippen molar-refractivity contribution >= 4 is 6.08 Å². The van der Waals surface area contributed by atoms with Crippen molar-refractivity contribution in [1.82, 2.24) is 0 Å². The second-order valence-corrected chi connectivity index (χ2v) is 5.46. The lowest BCUT2D eigenvalue weighted by Gasteiger charge is -2.21. The van der Waals surface area contributed by atoms with Crippen LogP contribution in [0.15, 0.2) is 30.8 Å².